The second-order valence-electron chi connectivity index (χ2n) is 4.47. The number of sulfonamides is 1. The SMILES string of the molecule is COCCn1cc(NS(=O)(=O)c2c(C)csc2CN)cn1. The van der Waals surface area contributed by atoms with Crippen molar-refractivity contribution in [2.24, 2.45) is 5.73 Å². The minimum absolute atomic E-state index is 0.196. The first kappa shape index (κ1) is 16.0. The minimum atomic E-state index is -3.65. The fourth-order valence-electron chi connectivity index (χ4n) is 1.92. The maximum absolute atomic E-state index is 12.5. The molecule has 2 aromatic rings. The lowest BCUT2D eigenvalue weighted by Crippen LogP contribution is -2.15. The van der Waals surface area contributed by atoms with Gasteiger partial charge >= 0.3 is 0 Å². The summed E-state index contributed by atoms with van der Waals surface area (Å²) in [4.78, 5) is 0.909. The first-order valence-corrected chi connectivity index (χ1v) is 8.65. The highest BCUT2D eigenvalue weighted by Crippen LogP contribution is 2.28. The first-order chi connectivity index (χ1) is 9.97. The molecule has 0 unspecified atom stereocenters. The molecule has 0 aliphatic carbocycles. The van der Waals surface area contributed by atoms with E-state index in [0.717, 1.165) is 0 Å². The maximum Gasteiger partial charge on any atom is 0.263 e. The van der Waals surface area contributed by atoms with Crippen LogP contribution >= 0.6 is 11.3 Å². The standard InChI is InChI=1S/C12H18N4O3S2/c1-9-8-20-11(5-13)12(9)21(17,18)15-10-6-14-16(7-10)3-4-19-2/h6-8,15H,3-5,13H2,1-2H3. The first-order valence-electron chi connectivity index (χ1n) is 6.29. The lowest BCUT2D eigenvalue weighted by Gasteiger charge is -2.07. The molecule has 0 aromatic carbocycles. The molecule has 0 aliphatic rings. The molecule has 2 aromatic heterocycles. The van der Waals surface area contributed by atoms with Crippen molar-refractivity contribution in [3.8, 4) is 0 Å². The molecular formula is C12H18N4O3S2. The summed E-state index contributed by atoms with van der Waals surface area (Å²) in [6, 6.07) is 0. The molecule has 0 aliphatic heterocycles. The molecule has 0 amide bonds. The normalized spacial score (nSPS) is 11.8. The molecule has 3 N–H and O–H groups in total. The second kappa shape index (κ2) is 6.56. The smallest absolute Gasteiger partial charge is 0.263 e. The number of thiophene rings is 1. The van der Waals surface area contributed by atoms with Gasteiger partial charge in [0.25, 0.3) is 10.0 Å². The van der Waals surface area contributed by atoms with Crippen LogP contribution in [0.3, 0.4) is 0 Å². The van der Waals surface area contributed by atoms with Crippen molar-refractivity contribution < 1.29 is 13.2 Å². The number of hydrogen-bond acceptors (Lipinski definition) is 6. The summed E-state index contributed by atoms with van der Waals surface area (Å²) in [6.45, 7) is 3.02. The van der Waals surface area contributed by atoms with E-state index < -0.39 is 10.0 Å². The fraction of sp³-hybridized carbons (Fsp3) is 0.417. The number of anilines is 1. The zero-order valence-electron chi connectivity index (χ0n) is 11.9. The van der Waals surface area contributed by atoms with Gasteiger partial charge in [-0.05, 0) is 17.9 Å². The van der Waals surface area contributed by atoms with Gasteiger partial charge in [0.1, 0.15) is 4.90 Å². The zero-order valence-corrected chi connectivity index (χ0v) is 13.5. The molecule has 0 saturated carbocycles. The topological polar surface area (TPSA) is 99.2 Å². The second-order valence-corrected chi connectivity index (χ2v) is 7.05. The highest BCUT2D eigenvalue weighted by atomic mass is 32.2. The van der Waals surface area contributed by atoms with Gasteiger partial charge in [-0.3, -0.25) is 9.40 Å². The highest BCUT2D eigenvalue weighted by molar-refractivity contribution is 7.93. The Morgan fingerprint density at radius 2 is 2.29 bits per heavy atom. The van der Waals surface area contributed by atoms with Crippen LogP contribution in [0.4, 0.5) is 5.69 Å². The Morgan fingerprint density at radius 1 is 1.52 bits per heavy atom. The number of nitrogens with two attached hydrogens (primary N) is 1. The van der Waals surface area contributed by atoms with Gasteiger partial charge in [0.15, 0.2) is 0 Å². The number of ether oxygens (including phenoxy) is 1. The minimum Gasteiger partial charge on any atom is -0.383 e. The van der Waals surface area contributed by atoms with Crippen LogP contribution in [0.1, 0.15) is 10.4 Å². The van der Waals surface area contributed by atoms with Crippen LogP contribution in [0, 0.1) is 6.92 Å². The number of rotatable bonds is 7. The van der Waals surface area contributed by atoms with Crippen molar-refractivity contribution in [3.05, 3.63) is 28.2 Å². The number of aryl methyl sites for hydroxylation is 1. The van der Waals surface area contributed by atoms with E-state index in [1.165, 1.54) is 17.5 Å². The summed E-state index contributed by atoms with van der Waals surface area (Å²) < 4.78 is 34.0. The fourth-order valence-corrected chi connectivity index (χ4v) is 4.65. The average Bonchev–Trinajstić information content (AvgIpc) is 3.02. The van der Waals surface area contributed by atoms with E-state index in [1.807, 2.05) is 0 Å². The van der Waals surface area contributed by atoms with Crippen molar-refractivity contribution in [2.75, 3.05) is 18.4 Å². The summed E-state index contributed by atoms with van der Waals surface area (Å²) in [5.74, 6) is 0. The Bertz CT molecular complexity index is 706. The number of nitrogens with zero attached hydrogens (tertiary/aromatic N) is 2. The molecular weight excluding hydrogens is 312 g/mol. The monoisotopic (exact) mass is 330 g/mol. The molecule has 0 radical (unpaired) electrons. The van der Waals surface area contributed by atoms with E-state index in [1.54, 1.807) is 30.3 Å². The maximum atomic E-state index is 12.5. The van der Waals surface area contributed by atoms with Gasteiger partial charge in [-0.25, -0.2) is 8.42 Å². The van der Waals surface area contributed by atoms with Crippen LogP contribution in [-0.2, 0) is 27.8 Å². The van der Waals surface area contributed by atoms with E-state index >= 15 is 0 Å². The van der Waals surface area contributed by atoms with Crippen molar-refractivity contribution in [3.63, 3.8) is 0 Å². The molecule has 0 saturated heterocycles. The zero-order chi connectivity index (χ0) is 15.5. The molecule has 7 nitrogen and oxygen atoms in total. The third kappa shape index (κ3) is 3.62. The predicted octanol–water partition coefficient (Wildman–Crippen LogP) is 1.16. The third-order valence-corrected chi connectivity index (χ3v) is 5.72. The molecule has 21 heavy (non-hydrogen) atoms. The Morgan fingerprint density at radius 3 is 2.95 bits per heavy atom. The summed E-state index contributed by atoms with van der Waals surface area (Å²) in [7, 11) is -2.06. The summed E-state index contributed by atoms with van der Waals surface area (Å²) >= 11 is 1.35. The van der Waals surface area contributed by atoms with Crippen LogP contribution in [0.15, 0.2) is 22.7 Å². The number of methoxy groups -OCH3 is 1. The van der Waals surface area contributed by atoms with Gasteiger partial charge in [-0.15, -0.1) is 11.3 Å². The molecule has 0 fully saturated rings. The quantitative estimate of drug-likeness (QED) is 0.793. The number of aromatic nitrogens is 2. The summed E-state index contributed by atoms with van der Waals surface area (Å²) in [5, 5.41) is 5.86. The molecule has 2 heterocycles. The molecule has 116 valence electrons. The van der Waals surface area contributed by atoms with Gasteiger partial charge in [0.2, 0.25) is 0 Å². The average molecular weight is 330 g/mol. The molecule has 0 spiro atoms. The van der Waals surface area contributed by atoms with Gasteiger partial charge in [0.05, 0.1) is 25.0 Å². The van der Waals surface area contributed by atoms with Crippen molar-refractivity contribution in [1.82, 2.24) is 9.78 Å². The Kier molecular flexibility index (Phi) is 4.99. The Balaban J connectivity index is 2.21. The molecule has 9 heteroatoms. The molecule has 0 bridgehead atoms. The number of nitrogens with one attached hydrogen (secondary N) is 1. The molecule has 0 atom stereocenters. The lowest BCUT2D eigenvalue weighted by atomic mass is 10.3. The van der Waals surface area contributed by atoms with E-state index in [4.69, 9.17) is 10.5 Å². The predicted molar refractivity (Wildman–Crippen MR) is 81.9 cm³/mol. The lowest BCUT2D eigenvalue weighted by molar-refractivity contribution is 0.183. The van der Waals surface area contributed by atoms with Crippen molar-refractivity contribution in [2.45, 2.75) is 24.9 Å². The van der Waals surface area contributed by atoms with Gasteiger partial charge in [0, 0.05) is 24.7 Å². The van der Waals surface area contributed by atoms with Crippen LogP contribution in [0.2, 0.25) is 0 Å². The van der Waals surface area contributed by atoms with Crippen LogP contribution < -0.4 is 10.5 Å². The van der Waals surface area contributed by atoms with Crippen LogP contribution in [0.25, 0.3) is 0 Å². The summed E-state index contributed by atoms with van der Waals surface area (Å²) in [6.07, 6.45) is 3.09. The third-order valence-electron chi connectivity index (χ3n) is 2.85. The van der Waals surface area contributed by atoms with Crippen molar-refractivity contribution in [1.29, 1.82) is 0 Å². The van der Waals surface area contributed by atoms with Gasteiger partial charge in [-0.1, -0.05) is 0 Å². The number of hydrogen-bond donors (Lipinski definition) is 2. The van der Waals surface area contributed by atoms with Gasteiger partial charge < -0.3 is 10.5 Å². The van der Waals surface area contributed by atoms with E-state index in [9.17, 15) is 8.42 Å². The van der Waals surface area contributed by atoms with Gasteiger partial charge in [-0.2, -0.15) is 5.10 Å². The van der Waals surface area contributed by atoms with Crippen LogP contribution in [-0.4, -0.2) is 31.9 Å². The van der Waals surface area contributed by atoms with Crippen molar-refractivity contribution >= 4 is 27.0 Å². The largest absolute Gasteiger partial charge is 0.383 e. The Labute approximate surface area is 127 Å². The highest BCUT2D eigenvalue weighted by Gasteiger charge is 2.22. The Hall–Kier alpha value is -1.42. The van der Waals surface area contributed by atoms with E-state index in [-0.39, 0.29) is 11.4 Å². The van der Waals surface area contributed by atoms with Crippen LogP contribution in [0.5, 0.6) is 0 Å². The molecule has 2 rings (SSSR count). The summed E-state index contributed by atoms with van der Waals surface area (Å²) in [5.41, 5.74) is 6.71. The van der Waals surface area contributed by atoms with E-state index in [2.05, 4.69) is 9.82 Å². The van der Waals surface area contributed by atoms with E-state index in [0.29, 0.717) is 29.3 Å².